The number of nitro benzene ring substituents is 1. The molecule has 29 heavy (non-hydrogen) atoms. The van der Waals surface area contributed by atoms with Crippen molar-refractivity contribution in [2.24, 2.45) is 4.99 Å². The Morgan fingerprint density at radius 1 is 1.24 bits per heavy atom. The van der Waals surface area contributed by atoms with Crippen molar-refractivity contribution in [3.63, 3.8) is 0 Å². The highest BCUT2D eigenvalue weighted by Gasteiger charge is 2.22. The Morgan fingerprint density at radius 3 is 2.59 bits per heavy atom. The van der Waals surface area contributed by atoms with Crippen LogP contribution in [0.5, 0.6) is 5.75 Å². The molecule has 3 rings (SSSR count). The van der Waals surface area contributed by atoms with E-state index in [9.17, 15) is 14.9 Å². The van der Waals surface area contributed by atoms with Gasteiger partial charge in [0.05, 0.1) is 18.4 Å². The van der Waals surface area contributed by atoms with Gasteiger partial charge in [-0.05, 0) is 24.3 Å². The average molecular weight is 393 g/mol. The Labute approximate surface area is 167 Å². The minimum atomic E-state index is -0.539. The Balaban J connectivity index is 2.13. The number of imidazole rings is 1. The Bertz CT molecular complexity index is 1070. The van der Waals surface area contributed by atoms with Gasteiger partial charge in [-0.2, -0.15) is 0 Å². The van der Waals surface area contributed by atoms with Crippen molar-refractivity contribution >= 4 is 23.6 Å². The molecular weight excluding hydrogens is 374 g/mol. The summed E-state index contributed by atoms with van der Waals surface area (Å²) >= 11 is 0. The molecule has 9 heteroatoms. The van der Waals surface area contributed by atoms with Crippen molar-refractivity contribution in [1.29, 1.82) is 0 Å². The van der Waals surface area contributed by atoms with Gasteiger partial charge < -0.3 is 9.64 Å². The first-order valence-electron chi connectivity index (χ1n) is 8.62. The van der Waals surface area contributed by atoms with Crippen LogP contribution in [0, 0.1) is 10.1 Å². The van der Waals surface area contributed by atoms with Crippen LogP contribution in [0.4, 0.5) is 11.5 Å². The quantitative estimate of drug-likeness (QED) is 0.201. The molecule has 0 saturated carbocycles. The van der Waals surface area contributed by atoms with Gasteiger partial charge in [-0.15, -0.1) is 0 Å². The zero-order valence-corrected chi connectivity index (χ0v) is 16.1. The van der Waals surface area contributed by atoms with Crippen LogP contribution in [0.25, 0.3) is 5.69 Å². The van der Waals surface area contributed by atoms with Crippen molar-refractivity contribution in [2.45, 2.75) is 0 Å². The molecule has 0 aliphatic rings. The van der Waals surface area contributed by atoms with Crippen LogP contribution in [-0.2, 0) is 0 Å². The standard InChI is InChI=1S/C20H19N5O4/c1-23(2)12-21-20-18(19(26)14-5-4-6-16(11-14)25(27)28)24(13-22-20)15-7-9-17(29-3)10-8-15/h4-13H,1-3H3. The highest BCUT2D eigenvalue weighted by atomic mass is 16.6. The van der Waals surface area contributed by atoms with Gasteiger partial charge in [-0.1, -0.05) is 12.1 Å². The van der Waals surface area contributed by atoms with Gasteiger partial charge in [-0.3, -0.25) is 19.5 Å². The van der Waals surface area contributed by atoms with E-state index in [2.05, 4.69) is 9.98 Å². The predicted molar refractivity (Wildman–Crippen MR) is 108 cm³/mol. The maximum atomic E-state index is 13.3. The Hall–Kier alpha value is -4.01. The first-order valence-corrected chi connectivity index (χ1v) is 8.62. The molecule has 1 aromatic heterocycles. The van der Waals surface area contributed by atoms with Gasteiger partial charge in [-0.25, -0.2) is 9.98 Å². The lowest BCUT2D eigenvalue weighted by molar-refractivity contribution is -0.384. The van der Waals surface area contributed by atoms with E-state index in [1.165, 1.54) is 36.9 Å². The normalized spacial score (nSPS) is 10.9. The lowest BCUT2D eigenvalue weighted by Gasteiger charge is -2.09. The van der Waals surface area contributed by atoms with Crippen LogP contribution < -0.4 is 4.74 Å². The number of hydrogen-bond acceptors (Lipinski definition) is 6. The van der Waals surface area contributed by atoms with Gasteiger partial charge >= 0.3 is 0 Å². The zero-order chi connectivity index (χ0) is 21.0. The molecule has 1 heterocycles. The molecule has 0 fully saturated rings. The topological polar surface area (TPSA) is 103 Å². The van der Waals surface area contributed by atoms with E-state index in [-0.39, 0.29) is 22.8 Å². The molecule has 2 aromatic carbocycles. The van der Waals surface area contributed by atoms with E-state index < -0.39 is 10.7 Å². The van der Waals surface area contributed by atoms with Crippen LogP contribution in [0.1, 0.15) is 16.1 Å². The maximum Gasteiger partial charge on any atom is 0.270 e. The first kappa shape index (κ1) is 19.7. The lowest BCUT2D eigenvalue weighted by atomic mass is 10.1. The third kappa shape index (κ3) is 4.29. The van der Waals surface area contributed by atoms with E-state index in [0.717, 1.165) is 0 Å². The first-order chi connectivity index (χ1) is 13.9. The molecule has 0 saturated heterocycles. The third-order valence-electron chi connectivity index (χ3n) is 4.04. The Kier molecular flexibility index (Phi) is 5.68. The van der Waals surface area contributed by atoms with Crippen LogP contribution >= 0.6 is 0 Å². The second kappa shape index (κ2) is 8.34. The summed E-state index contributed by atoms with van der Waals surface area (Å²) < 4.78 is 6.77. The van der Waals surface area contributed by atoms with Crippen LogP contribution in [0.2, 0.25) is 0 Å². The smallest absolute Gasteiger partial charge is 0.270 e. The molecule has 0 atom stereocenters. The minimum Gasteiger partial charge on any atom is -0.497 e. The van der Waals surface area contributed by atoms with Crippen molar-refractivity contribution in [3.8, 4) is 11.4 Å². The fourth-order valence-corrected chi connectivity index (χ4v) is 2.65. The number of nitro groups is 1. The molecule has 0 aliphatic heterocycles. The number of non-ortho nitro benzene ring substituents is 1. The molecule has 0 aliphatic carbocycles. The second-order valence-electron chi connectivity index (χ2n) is 6.33. The maximum absolute atomic E-state index is 13.3. The molecule has 3 aromatic rings. The molecule has 148 valence electrons. The molecule has 0 N–H and O–H groups in total. The minimum absolute atomic E-state index is 0.162. The molecule has 0 radical (unpaired) electrons. The summed E-state index contributed by atoms with van der Waals surface area (Å²) in [5.74, 6) is 0.463. The molecule has 9 nitrogen and oxygen atoms in total. The van der Waals surface area contributed by atoms with Crippen LogP contribution in [-0.4, -0.2) is 52.7 Å². The summed E-state index contributed by atoms with van der Waals surface area (Å²) in [5.41, 5.74) is 0.896. The van der Waals surface area contributed by atoms with Gasteiger partial charge in [0, 0.05) is 37.5 Å². The number of methoxy groups -OCH3 is 1. The van der Waals surface area contributed by atoms with Crippen LogP contribution in [0.3, 0.4) is 0 Å². The van der Waals surface area contributed by atoms with E-state index >= 15 is 0 Å². The van der Waals surface area contributed by atoms with Gasteiger partial charge in [0.25, 0.3) is 5.69 Å². The van der Waals surface area contributed by atoms with Crippen molar-refractivity contribution < 1.29 is 14.5 Å². The fourth-order valence-electron chi connectivity index (χ4n) is 2.65. The average Bonchev–Trinajstić information content (AvgIpc) is 3.15. The summed E-state index contributed by atoms with van der Waals surface area (Å²) in [6.07, 6.45) is 3.03. The zero-order valence-electron chi connectivity index (χ0n) is 16.1. The van der Waals surface area contributed by atoms with E-state index in [1.54, 1.807) is 54.9 Å². The van der Waals surface area contributed by atoms with E-state index in [0.29, 0.717) is 11.4 Å². The van der Waals surface area contributed by atoms with E-state index in [4.69, 9.17) is 4.74 Å². The lowest BCUT2D eigenvalue weighted by Crippen LogP contribution is -2.10. The summed E-state index contributed by atoms with van der Waals surface area (Å²) in [6.45, 7) is 0. The number of carbonyl (C=O) groups excluding carboxylic acids is 1. The predicted octanol–water partition coefficient (Wildman–Crippen LogP) is 3.24. The SMILES string of the molecule is COc1ccc(-n2cnc(N=CN(C)C)c2C(=O)c2cccc([N+](=O)[O-])c2)cc1. The largest absolute Gasteiger partial charge is 0.497 e. The molecule has 0 amide bonds. The molecule has 0 bridgehead atoms. The number of ether oxygens (including phenoxy) is 1. The third-order valence-corrected chi connectivity index (χ3v) is 4.04. The van der Waals surface area contributed by atoms with Crippen molar-refractivity contribution in [2.75, 3.05) is 21.2 Å². The number of rotatable bonds is 7. The number of aliphatic imine (C=N–C) groups is 1. The Morgan fingerprint density at radius 2 is 1.97 bits per heavy atom. The highest BCUT2D eigenvalue weighted by Crippen LogP contribution is 2.26. The molecule has 0 spiro atoms. The van der Waals surface area contributed by atoms with Crippen LogP contribution in [0.15, 0.2) is 59.9 Å². The summed E-state index contributed by atoms with van der Waals surface area (Å²) in [5, 5.41) is 11.1. The highest BCUT2D eigenvalue weighted by molar-refractivity contribution is 6.11. The monoisotopic (exact) mass is 393 g/mol. The summed E-state index contributed by atoms with van der Waals surface area (Å²) in [7, 11) is 5.16. The number of carbonyl (C=O) groups is 1. The number of benzene rings is 2. The number of nitrogens with zero attached hydrogens (tertiary/aromatic N) is 5. The molecular formula is C20H19N5O4. The van der Waals surface area contributed by atoms with Gasteiger partial charge in [0.2, 0.25) is 5.78 Å². The molecule has 0 unspecified atom stereocenters. The van der Waals surface area contributed by atoms with Gasteiger partial charge in [0.15, 0.2) is 5.82 Å². The fraction of sp³-hybridized carbons (Fsp3) is 0.150. The van der Waals surface area contributed by atoms with Crippen molar-refractivity contribution in [3.05, 3.63) is 76.2 Å². The summed E-state index contributed by atoms with van der Waals surface area (Å²) in [6, 6.07) is 12.7. The summed E-state index contributed by atoms with van der Waals surface area (Å²) in [4.78, 5) is 34.1. The number of hydrogen-bond donors (Lipinski definition) is 0. The van der Waals surface area contributed by atoms with Gasteiger partial charge in [0.1, 0.15) is 17.8 Å². The van der Waals surface area contributed by atoms with E-state index in [1.807, 2.05) is 0 Å². The van der Waals surface area contributed by atoms with Crippen molar-refractivity contribution in [1.82, 2.24) is 14.5 Å². The second-order valence-corrected chi connectivity index (χ2v) is 6.33. The number of ketones is 1. The number of aromatic nitrogens is 2.